The second-order valence-electron chi connectivity index (χ2n) is 3.40. The minimum atomic E-state index is -4.21. The van der Waals surface area contributed by atoms with E-state index in [1.165, 1.54) is 0 Å². The van der Waals surface area contributed by atoms with E-state index in [0.717, 1.165) is 0 Å². The van der Waals surface area contributed by atoms with Crippen LogP contribution in [-0.4, -0.2) is 6.18 Å². The Bertz CT molecular complexity index is 368. The van der Waals surface area contributed by atoms with E-state index in [9.17, 15) is 13.2 Å². The van der Waals surface area contributed by atoms with Gasteiger partial charge in [-0.3, -0.25) is 0 Å². The summed E-state index contributed by atoms with van der Waals surface area (Å²) in [7, 11) is 0. The highest BCUT2D eigenvalue weighted by molar-refractivity contribution is 6.42. The molecule has 98 valence electrons. The number of rotatable bonds is 3. The molecule has 2 N–H and O–H groups in total. The minimum absolute atomic E-state index is 0. The standard InChI is InChI=1S/C10H10Cl2F3N.ClH/c11-7-3-1-2-6(9(7)12)8(16)4-5-10(13,14)15;/h1-3,8H,4-5,16H2;1H/t8-;/m0./s1. The first-order valence-corrected chi connectivity index (χ1v) is 5.33. The lowest BCUT2D eigenvalue weighted by molar-refractivity contribution is -0.136. The lowest BCUT2D eigenvalue weighted by atomic mass is 10.0. The Morgan fingerprint density at radius 3 is 2.35 bits per heavy atom. The number of alkyl halides is 3. The fourth-order valence-corrected chi connectivity index (χ4v) is 1.73. The first kappa shape index (κ1) is 16.8. The van der Waals surface area contributed by atoms with Gasteiger partial charge in [0.05, 0.1) is 10.0 Å². The Hall–Kier alpha value is -0.160. The fourth-order valence-electron chi connectivity index (χ4n) is 1.28. The predicted molar refractivity (Wildman–Crippen MR) is 65.9 cm³/mol. The first-order chi connectivity index (χ1) is 7.31. The molecule has 1 atom stereocenters. The molecule has 0 saturated heterocycles. The van der Waals surface area contributed by atoms with Gasteiger partial charge in [0.25, 0.3) is 0 Å². The minimum Gasteiger partial charge on any atom is -0.324 e. The maximum Gasteiger partial charge on any atom is 0.389 e. The number of benzene rings is 1. The Kier molecular flexibility index (Phi) is 6.62. The smallest absolute Gasteiger partial charge is 0.324 e. The molecule has 1 aromatic carbocycles. The van der Waals surface area contributed by atoms with Crippen molar-refractivity contribution in [1.82, 2.24) is 0 Å². The van der Waals surface area contributed by atoms with Gasteiger partial charge in [-0.15, -0.1) is 12.4 Å². The molecule has 0 aromatic heterocycles. The van der Waals surface area contributed by atoms with Gasteiger partial charge in [-0.25, -0.2) is 0 Å². The van der Waals surface area contributed by atoms with Crippen LogP contribution in [0.3, 0.4) is 0 Å². The van der Waals surface area contributed by atoms with Gasteiger partial charge >= 0.3 is 6.18 Å². The van der Waals surface area contributed by atoms with Gasteiger partial charge in [0, 0.05) is 12.5 Å². The van der Waals surface area contributed by atoms with Crippen LogP contribution in [0.25, 0.3) is 0 Å². The molecule has 0 amide bonds. The molecular formula is C10H11Cl3F3N. The van der Waals surface area contributed by atoms with Crippen LogP contribution in [0.4, 0.5) is 13.2 Å². The Balaban J connectivity index is 0.00000256. The number of hydrogen-bond acceptors (Lipinski definition) is 1. The number of nitrogens with two attached hydrogens (primary N) is 1. The third-order valence-corrected chi connectivity index (χ3v) is 2.95. The molecular weight excluding hydrogens is 297 g/mol. The molecule has 0 fully saturated rings. The zero-order valence-electron chi connectivity index (χ0n) is 8.60. The van der Waals surface area contributed by atoms with Crippen molar-refractivity contribution >= 4 is 35.6 Å². The van der Waals surface area contributed by atoms with Crippen LogP contribution in [0.2, 0.25) is 10.0 Å². The van der Waals surface area contributed by atoms with Crippen LogP contribution in [0.5, 0.6) is 0 Å². The van der Waals surface area contributed by atoms with Crippen molar-refractivity contribution in [2.24, 2.45) is 5.73 Å². The molecule has 0 heterocycles. The number of hydrogen-bond donors (Lipinski definition) is 1. The predicted octanol–water partition coefficient (Wildman–Crippen LogP) is 4.76. The van der Waals surface area contributed by atoms with E-state index in [1.54, 1.807) is 18.2 Å². The molecule has 0 spiro atoms. The van der Waals surface area contributed by atoms with E-state index in [4.69, 9.17) is 28.9 Å². The summed E-state index contributed by atoms with van der Waals surface area (Å²) in [5, 5.41) is 0.514. The van der Waals surface area contributed by atoms with Gasteiger partial charge in [-0.05, 0) is 18.1 Å². The average Bonchev–Trinajstić information content (AvgIpc) is 2.17. The highest BCUT2D eigenvalue weighted by Gasteiger charge is 2.28. The molecule has 0 bridgehead atoms. The molecule has 1 aromatic rings. The van der Waals surface area contributed by atoms with Crippen LogP contribution >= 0.6 is 35.6 Å². The van der Waals surface area contributed by atoms with Crippen molar-refractivity contribution in [3.05, 3.63) is 33.8 Å². The summed E-state index contributed by atoms with van der Waals surface area (Å²) < 4.78 is 36.0. The summed E-state index contributed by atoms with van der Waals surface area (Å²) in [6.45, 7) is 0. The SMILES string of the molecule is Cl.N[C@@H](CCC(F)(F)F)c1cccc(Cl)c1Cl. The van der Waals surface area contributed by atoms with E-state index in [0.29, 0.717) is 10.6 Å². The molecule has 0 saturated carbocycles. The van der Waals surface area contributed by atoms with Crippen LogP contribution in [0, 0.1) is 0 Å². The van der Waals surface area contributed by atoms with Crippen LogP contribution in [0.1, 0.15) is 24.4 Å². The second-order valence-corrected chi connectivity index (χ2v) is 4.19. The van der Waals surface area contributed by atoms with Crippen LogP contribution in [0.15, 0.2) is 18.2 Å². The van der Waals surface area contributed by atoms with Crippen molar-refractivity contribution in [3.8, 4) is 0 Å². The van der Waals surface area contributed by atoms with Gasteiger partial charge < -0.3 is 5.73 Å². The Morgan fingerprint density at radius 2 is 1.82 bits per heavy atom. The monoisotopic (exact) mass is 307 g/mol. The van der Waals surface area contributed by atoms with Crippen molar-refractivity contribution in [1.29, 1.82) is 0 Å². The van der Waals surface area contributed by atoms with E-state index in [2.05, 4.69) is 0 Å². The Labute approximate surface area is 113 Å². The van der Waals surface area contributed by atoms with Crippen LogP contribution in [-0.2, 0) is 0 Å². The molecule has 0 aliphatic carbocycles. The molecule has 1 rings (SSSR count). The number of halogens is 6. The summed E-state index contributed by atoms with van der Waals surface area (Å²) in [5.74, 6) is 0. The van der Waals surface area contributed by atoms with Gasteiger partial charge in [0.2, 0.25) is 0 Å². The average molecular weight is 309 g/mol. The van der Waals surface area contributed by atoms with Gasteiger partial charge in [0.1, 0.15) is 0 Å². The lowest BCUT2D eigenvalue weighted by Gasteiger charge is -2.15. The Morgan fingerprint density at radius 1 is 1.24 bits per heavy atom. The third kappa shape index (κ3) is 5.34. The van der Waals surface area contributed by atoms with Gasteiger partial charge in [-0.1, -0.05) is 35.3 Å². The summed E-state index contributed by atoms with van der Waals surface area (Å²) >= 11 is 11.6. The summed E-state index contributed by atoms with van der Waals surface area (Å²) in [4.78, 5) is 0. The molecule has 0 aliphatic heterocycles. The van der Waals surface area contributed by atoms with Crippen molar-refractivity contribution in [2.75, 3.05) is 0 Å². The quantitative estimate of drug-likeness (QED) is 0.856. The topological polar surface area (TPSA) is 26.0 Å². The highest BCUT2D eigenvalue weighted by Crippen LogP contribution is 2.32. The summed E-state index contributed by atoms with van der Waals surface area (Å²) in [5.41, 5.74) is 6.07. The van der Waals surface area contributed by atoms with Gasteiger partial charge in [-0.2, -0.15) is 13.2 Å². The van der Waals surface area contributed by atoms with Crippen molar-refractivity contribution in [3.63, 3.8) is 0 Å². The zero-order valence-corrected chi connectivity index (χ0v) is 10.9. The zero-order chi connectivity index (χ0) is 12.3. The maximum absolute atomic E-state index is 12.0. The van der Waals surface area contributed by atoms with E-state index >= 15 is 0 Å². The van der Waals surface area contributed by atoms with E-state index < -0.39 is 18.6 Å². The molecule has 0 unspecified atom stereocenters. The highest BCUT2D eigenvalue weighted by atomic mass is 35.5. The lowest BCUT2D eigenvalue weighted by Crippen LogP contribution is -2.16. The third-order valence-electron chi connectivity index (χ3n) is 2.12. The van der Waals surface area contributed by atoms with Crippen molar-refractivity contribution in [2.45, 2.75) is 25.1 Å². The molecule has 1 nitrogen and oxygen atoms in total. The second kappa shape index (κ2) is 6.69. The summed E-state index contributed by atoms with van der Waals surface area (Å²) in [6, 6.07) is 3.99. The maximum atomic E-state index is 12.0. The van der Waals surface area contributed by atoms with Crippen LogP contribution < -0.4 is 5.73 Å². The largest absolute Gasteiger partial charge is 0.389 e. The van der Waals surface area contributed by atoms with Crippen molar-refractivity contribution < 1.29 is 13.2 Å². The molecule has 17 heavy (non-hydrogen) atoms. The summed E-state index contributed by atoms with van der Waals surface area (Å²) in [6.07, 6.45) is -5.34. The van der Waals surface area contributed by atoms with E-state index in [1.807, 2.05) is 0 Å². The molecule has 0 aliphatic rings. The normalized spacial score (nSPS) is 13.1. The van der Waals surface area contributed by atoms with Gasteiger partial charge in [0.15, 0.2) is 0 Å². The molecule has 7 heteroatoms. The first-order valence-electron chi connectivity index (χ1n) is 4.57. The van der Waals surface area contributed by atoms with E-state index in [-0.39, 0.29) is 23.9 Å². The molecule has 0 radical (unpaired) electrons. The fraction of sp³-hybridized carbons (Fsp3) is 0.400.